The van der Waals surface area contributed by atoms with Crippen molar-refractivity contribution in [3.05, 3.63) is 0 Å². The van der Waals surface area contributed by atoms with Crippen molar-refractivity contribution in [3.63, 3.8) is 0 Å². The highest BCUT2D eigenvalue weighted by atomic mass is 15.3. The summed E-state index contributed by atoms with van der Waals surface area (Å²) in [6.07, 6.45) is 1.50. The molecule has 3 aliphatic rings. The van der Waals surface area contributed by atoms with Gasteiger partial charge in [-0.2, -0.15) is 0 Å². The molecular weight excluding hydrogens is 270 g/mol. The fourth-order valence-electron chi connectivity index (χ4n) is 4.73. The predicted octanol–water partition coefficient (Wildman–Crippen LogP) is 2.77. The molecule has 2 heterocycles. The van der Waals surface area contributed by atoms with Crippen molar-refractivity contribution < 1.29 is 0 Å². The lowest BCUT2D eigenvalue weighted by atomic mass is 9.60. The number of piperazine rings is 1. The normalized spacial score (nSPS) is 35.5. The molecule has 2 unspecified atom stereocenters. The molecule has 0 spiro atoms. The summed E-state index contributed by atoms with van der Waals surface area (Å²) in [5.74, 6) is 2.93. The van der Waals surface area contributed by atoms with Gasteiger partial charge >= 0.3 is 0 Å². The molecule has 3 nitrogen and oxygen atoms in total. The lowest BCUT2D eigenvalue weighted by molar-refractivity contribution is -0.0911. The van der Waals surface area contributed by atoms with Gasteiger partial charge in [-0.05, 0) is 65.7 Å². The van der Waals surface area contributed by atoms with Crippen LogP contribution in [0.15, 0.2) is 0 Å². The van der Waals surface area contributed by atoms with E-state index in [9.17, 15) is 0 Å². The average Bonchev–Trinajstić information content (AvgIpc) is 2.43. The maximum atomic E-state index is 2.75. The minimum atomic E-state index is 0.340. The van der Waals surface area contributed by atoms with Crippen LogP contribution in [0.2, 0.25) is 0 Å². The van der Waals surface area contributed by atoms with Crippen molar-refractivity contribution in [3.8, 4) is 0 Å². The van der Waals surface area contributed by atoms with Crippen LogP contribution in [0.5, 0.6) is 0 Å². The molecule has 0 N–H and O–H groups in total. The first-order valence-electron chi connectivity index (χ1n) is 9.37. The van der Waals surface area contributed by atoms with E-state index in [0.717, 1.165) is 17.8 Å². The van der Waals surface area contributed by atoms with Crippen molar-refractivity contribution in [1.29, 1.82) is 0 Å². The molecule has 22 heavy (non-hydrogen) atoms. The van der Waals surface area contributed by atoms with Crippen LogP contribution >= 0.6 is 0 Å². The first kappa shape index (κ1) is 16.7. The highest BCUT2D eigenvalue weighted by molar-refractivity contribution is 5.01. The first-order valence-corrected chi connectivity index (χ1v) is 9.37. The summed E-state index contributed by atoms with van der Waals surface area (Å²) in [6.45, 7) is 23.3. The highest BCUT2D eigenvalue weighted by Crippen LogP contribution is 2.47. The summed E-state index contributed by atoms with van der Waals surface area (Å²) in [7, 11) is 0. The molecule has 2 atom stereocenters. The zero-order chi connectivity index (χ0) is 16.1. The largest absolute Gasteiger partial charge is 0.300 e. The Morgan fingerprint density at radius 3 is 1.68 bits per heavy atom. The summed E-state index contributed by atoms with van der Waals surface area (Å²) >= 11 is 0. The summed E-state index contributed by atoms with van der Waals surface area (Å²) in [5, 5.41) is 0. The van der Waals surface area contributed by atoms with Crippen LogP contribution in [0.3, 0.4) is 0 Å². The van der Waals surface area contributed by atoms with Gasteiger partial charge in [0.1, 0.15) is 0 Å². The summed E-state index contributed by atoms with van der Waals surface area (Å²) in [4.78, 5) is 8.12. The van der Waals surface area contributed by atoms with Crippen LogP contribution in [0.1, 0.15) is 48.0 Å². The van der Waals surface area contributed by atoms with Gasteiger partial charge in [0.15, 0.2) is 0 Å². The molecule has 2 saturated heterocycles. The number of fused-ring (bicyclic) bond motifs is 2. The third-order valence-corrected chi connectivity index (χ3v) is 6.46. The van der Waals surface area contributed by atoms with Crippen LogP contribution in [-0.4, -0.2) is 71.6 Å². The minimum Gasteiger partial charge on any atom is -0.300 e. The number of likely N-dealkylation sites (tertiary alicyclic amines) is 1. The Labute approximate surface area is 138 Å². The van der Waals surface area contributed by atoms with E-state index in [-0.39, 0.29) is 0 Å². The Bertz CT molecular complexity index is 372. The van der Waals surface area contributed by atoms with Crippen LogP contribution in [0, 0.1) is 17.8 Å². The Morgan fingerprint density at radius 2 is 1.23 bits per heavy atom. The van der Waals surface area contributed by atoms with E-state index in [2.05, 4.69) is 56.2 Å². The molecule has 3 rings (SSSR count). The van der Waals surface area contributed by atoms with Crippen LogP contribution in [0.4, 0.5) is 0 Å². The number of rotatable bonds is 2. The second-order valence-corrected chi connectivity index (χ2v) is 9.95. The quantitative estimate of drug-likeness (QED) is 0.777. The summed E-state index contributed by atoms with van der Waals surface area (Å²) < 4.78 is 0. The summed E-state index contributed by atoms with van der Waals surface area (Å²) in [6, 6.07) is 0. The maximum absolute atomic E-state index is 2.75. The van der Waals surface area contributed by atoms with E-state index in [1.54, 1.807) is 0 Å². The monoisotopic (exact) mass is 307 g/mol. The smallest absolute Gasteiger partial charge is 0.0126 e. The maximum Gasteiger partial charge on any atom is 0.0126 e. The van der Waals surface area contributed by atoms with E-state index in [0.29, 0.717) is 11.1 Å². The van der Waals surface area contributed by atoms with Gasteiger partial charge in [-0.25, -0.2) is 0 Å². The van der Waals surface area contributed by atoms with Gasteiger partial charge < -0.3 is 4.90 Å². The standard InChI is InChI=1S/C19H37N3/c1-18(2,3)21-9-7-20(8-10-21)14-17-15-11-16(17)13-22(12-15)19(4,5)6/h15-17H,7-14H2,1-6H3. The molecule has 1 saturated carbocycles. The number of hydrogen-bond donors (Lipinski definition) is 0. The fourth-order valence-corrected chi connectivity index (χ4v) is 4.73. The van der Waals surface area contributed by atoms with E-state index < -0.39 is 0 Å². The molecule has 0 aromatic carbocycles. The molecule has 3 fully saturated rings. The molecule has 0 aromatic heterocycles. The predicted molar refractivity (Wildman–Crippen MR) is 94.2 cm³/mol. The Balaban J connectivity index is 1.47. The molecule has 1 aliphatic carbocycles. The van der Waals surface area contributed by atoms with Crippen LogP contribution in [-0.2, 0) is 0 Å². The van der Waals surface area contributed by atoms with E-state index >= 15 is 0 Å². The molecule has 0 amide bonds. The van der Waals surface area contributed by atoms with Crippen molar-refractivity contribution in [2.24, 2.45) is 17.8 Å². The lowest BCUT2D eigenvalue weighted by Crippen LogP contribution is -2.63. The zero-order valence-corrected chi connectivity index (χ0v) is 15.7. The van der Waals surface area contributed by atoms with Crippen molar-refractivity contribution in [2.75, 3.05) is 45.8 Å². The Hall–Kier alpha value is -0.120. The second kappa shape index (κ2) is 5.75. The number of piperidine rings is 2. The molecule has 2 bridgehead atoms. The molecule has 128 valence electrons. The van der Waals surface area contributed by atoms with E-state index in [1.807, 2.05) is 0 Å². The van der Waals surface area contributed by atoms with E-state index in [4.69, 9.17) is 0 Å². The lowest BCUT2D eigenvalue weighted by Gasteiger charge is -2.58. The van der Waals surface area contributed by atoms with Gasteiger partial charge in [-0.3, -0.25) is 9.80 Å². The molecule has 3 heteroatoms. The topological polar surface area (TPSA) is 9.72 Å². The third kappa shape index (κ3) is 3.37. The third-order valence-electron chi connectivity index (χ3n) is 6.46. The highest BCUT2D eigenvalue weighted by Gasteiger charge is 2.48. The van der Waals surface area contributed by atoms with E-state index in [1.165, 1.54) is 52.2 Å². The van der Waals surface area contributed by atoms with Crippen LogP contribution in [0.25, 0.3) is 0 Å². The summed E-state index contributed by atoms with van der Waals surface area (Å²) in [5.41, 5.74) is 0.701. The average molecular weight is 308 g/mol. The zero-order valence-electron chi connectivity index (χ0n) is 15.7. The Morgan fingerprint density at radius 1 is 0.727 bits per heavy atom. The van der Waals surface area contributed by atoms with Crippen molar-refractivity contribution >= 4 is 0 Å². The van der Waals surface area contributed by atoms with Gasteiger partial charge in [0.05, 0.1) is 0 Å². The number of nitrogens with zero attached hydrogens (tertiary/aromatic N) is 3. The van der Waals surface area contributed by atoms with Crippen LogP contribution < -0.4 is 0 Å². The van der Waals surface area contributed by atoms with Gasteiger partial charge in [-0.1, -0.05) is 0 Å². The number of hydrogen-bond acceptors (Lipinski definition) is 3. The van der Waals surface area contributed by atoms with Gasteiger partial charge in [0, 0.05) is 56.9 Å². The second-order valence-electron chi connectivity index (χ2n) is 9.95. The fraction of sp³-hybridized carbons (Fsp3) is 1.00. The minimum absolute atomic E-state index is 0.340. The van der Waals surface area contributed by atoms with Crippen molar-refractivity contribution in [2.45, 2.75) is 59.0 Å². The first-order chi connectivity index (χ1) is 10.1. The Kier molecular flexibility index (Phi) is 4.37. The van der Waals surface area contributed by atoms with Gasteiger partial charge in [0.25, 0.3) is 0 Å². The van der Waals surface area contributed by atoms with Crippen molar-refractivity contribution in [1.82, 2.24) is 14.7 Å². The van der Waals surface area contributed by atoms with Gasteiger partial charge in [0.2, 0.25) is 0 Å². The molecule has 0 aromatic rings. The molecule has 0 radical (unpaired) electrons. The molecule has 2 aliphatic heterocycles. The van der Waals surface area contributed by atoms with Gasteiger partial charge in [-0.15, -0.1) is 0 Å². The SMILES string of the molecule is CC(C)(C)N1CCN(CC2C3CC2CN(C(C)(C)C)C3)CC1. The molecular formula is C19H37N3.